The first kappa shape index (κ1) is 10.8. The Morgan fingerprint density at radius 1 is 1.53 bits per heavy atom. The van der Waals surface area contributed by atoms with E-state index in [0.29, 0.717) is 4.75 Å². The molecule has 1 fully saturated rings. The molecule has 1 aromatic rings. The number of hydrogen-bond donors (Lipinski definition) is 1. The van der Waals surface area contributed by atoms with Crippen LogP contribution in [0.2, 0.25) is 0 Å². The lowest BCUT2D eigenvalue weighted by atomic mass is 9.84. The van der Waals surface area contributed by atoms with Gasteiger partial charge in [-0.2, -0.15) is 11.8 Å². The van der Waals surface area contributed by atoms with Gasteiger partial charge in [0.15, 0.2) is 0 Å². The van der Waals surface area contributed by atoms with Crippen LogP contribution in [0.5, 0.6) is 0 Å². The quantitative estimate of drug-likeness (QED) is 0.847. The first-order valence-corrected chi connectivity index (χ1v) is 6.68. The molecule has 0 atom stereocenters. The number of hydrogen-bond acceptors (Lipinski definition) is 3. The number of aryl methyl sites for hydroxylation is 1. The van der Waals surface area contributed by atoms with Crippen LogP contribution in [0.1, 0.15) is 24.8 Å². The average Bonchev–Trinajstić information content (AvgIpc) is 2.19. The van der Waals surface area contributed by atoms with Crippen molar-refractivity contribution in [2.75, 3.05) is 18.1 Å². The minimum Gasteiger partial charge on any atom is -0.383 e. The number of rotatable bonds is 4. The Morgan fingerprint density at radius 3 is 2.87 bits per heavy atom. The van der Waals surface area contributed by atoms with Gasteiger partial charge in [0, 0.05) is 29.4 Å². The molecule has 1 aromatic heterocycles. The summed E-state index contributed by atoms with van der Waals surface area (Å²) in [7, 11) is 0. The monoisotopic (exact) mass is 222 g/mol. The van der Waals surface area contributed by atoms with E-state index < -0.39 is 0 Å². The lowest BCUT2D eigenvalue weighted by molar-refractivity contribution is 0.380. The van der Waals surface area contributed by atoms with E-state index in [-0.39, 0.29) is 0 Å². The van der Waals surface area contributed by atoms with Crippen molar-refractivity contribution in [3.05, 3.63) is 24.0 Å². The SMILES string of the molecule is CSC1(CNc2ccncc2C)CCC1. The standard InChI is InChI=1S/C12H18N2S/c1-10-8-13-7-4-11(10)14-9-12(15-2)5-3-6-12/h4,7-8H,3,5-6,9H2,1-2H3,(H,13,14). The summed E-state index contributed by atoms with van der Waals surface area (Å²) in [6.45, 7) is 3.18. The molecule has 1 N–H and O–H groups in total. The van der Waals surface area contributed by atoms with Crippen molar-refractivity contribution in [1.82, 2.24) is 4.98 Å². The lowest BCUT2D eigenvalue weighted by Crippen LogP contribution is -2.40. The predicted octanol–water partition coefficient (Wildman–Crippen LogP) is 3.09. The van der Waals surface area contributed by atoms with Crippen molar-refractivity contribution in [2.45, 2.75) is 30.9 Å². The van der Waals surface area contributed by atoms with Gasteiger partial charge in [0.1, 0.15) is 0 Å². The zero-order valence-electron chi connectivity index (χ0n) is 9.42. The molecule has 3 heteroatoms. The summed E-state index contributed by atoms with van der Waals surface area (Å²) < 4.78 is 0.496. The summed E-state index contributed by atoms with van der Waals surface area (Å²) in [5, 5.41) is 3.55. The number of nitrogens with zero attached hydrogens (tertiary/aromatic N) is 1. The minimum absolute atomic E-state index is 0.496. The Balaban J connectivity index is 1.95. The van der Waals surface area contributed by atoms with E-state index in [1.165, 1.54) is 30.5 Å². The number of nitrogens with one attached hydrogen (secondary N) is 1. The molecule has 0 aliphatic heterocycles. The first-order chi connectivity index (χ1) is 7.26. The summed E-state index contributed by atoms with van der Waals surface area (Å²) in [4.78, 5) is 4.10. The van der Waals surface area contributed by atoms with Crippen LogP contribution < -0.4 is 5.32 Å². The molecule has 2 nitrogen and oxygen atoms in total. The molecule has 1 saturated carbocycles. The van der Waals surface area contributed by atoms with E-state index >= 15 is 0 Å². The molecule has 0 saturated heterocycles. The Labute approximate surface area is 95.9 Å². The molecule has 0 spiro atoms. The third-order valence-electron chi connectivity index (χ3n) is 3.32. The number of pyridine rings is 1. The van der Waals surface area contributed by atoms with Crippen molar-refractivity contribution < 1.29 is 0 Å². The number of anilines is 1. The molecule has 0 aromatic carbocycles. The summed E-state index contributed by atoms with van der Waals surface area (Å²) in [5.41, 5.74) is 2.46. The fraction of sp³-hybridized carbons (Fsp3) is 0.583. The van der Waals surface area contributed by atoms with Gasteiger partial charge >= 0.3 is 0 Å². The molecule has 0 bridgehead atoms. The van der Waals surface area contributed by atoms with Gasteiger partial charge < -0.3 is 5.32 Å². The third kappa shape index (κ3) is 2.28. The molecule has 1 aliphatic carbocycles. The first-order valence-electron chi connectivity index (χ1n) is 5.45. The molecular formula is C12H18N2S. The van der Waals surface area contributed by atoms with E-state index in [2.05, 4.69) is 29.5 Å². The maximum absolute atomic E-state index is 4.10. The molecule has 15 heavy (non-hydrogen) atoms. The number of thioether (sulfide) groups is 1. The van der Waals surface area contributed by atoms with Crippen LogP contribution >= 0.6 is 11.8 Å². The van der Waals surface area contributed by atoms with Crippen molar-refractivity contribution in [2.24, 2.45) is 0 Å². The highest BCUT2D eigenvalue weighted by Gasteiger charge is 2.35. The number of aromatic nitrogens is 1. The van der Waals surface area contributed by atoms with Crippen molar-refractivity contribution >= 4 is 17.4 Å². The maximum atomic E-state index is 4.10. The molecule has 0 amide bonds. The highest BCUT2D eigenvalue weighted by molar-refractivity contribution is 8.00. The minimum atomic E-state index is 0.496. The second-order valence-corrected chi connectivity index (χ2v) is 5.56. The van der Waals surface area contributed by atoms with E-state index in [1.54, 1.807) is 0 Å². The lowest BCUT2D eigenvalue weighted by Gasteiger charge is -2.40. The molecule has 0 radical (unpaired) electrons. The normalized spacial score (nSPS) is 18.3. The summed E-state index contributed by atoms with van der Waals surface area (Å²) in [6, 6.07) is 2.06. The van der Waals surface area contributed by atoms with Crippen LogP contribution in [-0.4, -0.2) is 22.5 Å². The predicted molar refractivity (Wildman–Crippen MR) is 67.6 cm³/mol. The molecule has 2 rings (SSSR count). The highest BCUT2D eigenvalue weighted by Crippen LogP contribution is 2.42. The summed E-state index contributed by atoms with van der Waals surface area (Å²) in [5.74, 6) is 0. The van der Waals surface area contributed by atoms with E-state index in [0.717, 1.165) is 6.54 Å². The maximum Gasteiger partial charge on any atom is 0.0401 e. The fourth-order valence-electron chi connectivity index (χ4n) is 1.95. The molecule has 82 valence electrons. The second kappa shape index (κ2) is 4.44. The van der Waals surface area contributed by atoms with Gasteiger partial charge in [-0.1, -0.05) is 6.42 Å². The van der Waals surface area contributed by atoms with Crippen LogP contribution in [0, 0.1) is 6.92 Å². The van der Waals surface area contributed by atoms with Gasteiger partial charge in [-0.3, -0.25) is 4.98 Å². The van der Waals surface area contributed by atoms with Crippen LogP contribution in [0.15, 0.2) is 18.5 Å². The van der Waals surface area contributed by atoms with Crippen LogP contribution in [0.25, 0.3) is 0 Å². The van der Waals surface area contributed by atoms with E-state index in [1.807, 2.05) is 24.2 Å². The van der Waals surface area contributed by atoms with Crippen LogP contribution in [0.3, 0.4) is 0 Å². The van der Waals surface area contributed by atoms with Gasteiger partial charge in [0.25, 0.3) is 0 Å². The average molecular weight is 222 g/mol. The van der Waals surface area contributed by atoms with Crippen molar-refractivity contribution in [1.29, 1.82) is 0 Å². The molecular weight excluding hydrogens is 204 g/mol. The highest BCUT2D eigenvalue weighted by atomic mass is 32.2. The molecule has 1 heterocycles. The zero-order valence-corrected chi connectivity index (χ0v) is 10.2. The Bertz CT molecular complexity index is 329. The van der Waals surface area contributed by atoms with Crippen molar-refractivity contribution in [3.8, 4) is 0 Å². The smallest absolute Gasteiger partial charge is 0.0401 e. The van der Waals surface area contributed by atoms with Gasteiger partial charge in [-0.15, -0.1) is 0 Å². The van der Waals surface area contributed by atoms with Crippen LogP contribution in [0.4, 0.5) is 5.69 Å². The Hall–Kier alpha value is -0.700. The van der Waals surface area contributed by atoms with E-state index in [9.17, 15) is 0 Å². The van der Waals surface area contributed by atoms with Gasteiger partial charge in [0.2, 0.25) is 0 Å². The van der Waals surface area contributed by atoms with Crippen molar-refractivity contribution in [3.63, 3.8) is 0 Å². The zero-order chi connectivity index (χ0) is 10.7. The largest absolute Gasteiger partial charge is 0.383 e. The topological polar surface area (TPSA) is 24.9 Å². The van der Waals surface area contributed by atoms with Crippen LogP contribution in [-0.2, 0) is 0 Å². The van der Waals surface area contributed by atoms with Gasteiger partial charge in [0.05, 0.1) is 0 Å². The van der Waals surface area contributed by atoms with Gasteiger partial charge in [-0.05, 0) is 37.7 Å². The van der Waals surface area contributed by atoms with Gasteiger partial charge in [-0.25, -0.2) is 0 Å². The third-order valence-corrected chi connectivity index (χ3v) is 4.74. The molecule has 0 unspecified atom stereocenters. The summed E-state index contributed by atoms with van der Waals surface area (Å²) >= 11 is 2.01. The Morgan fingerprint density at radius 2 is 2.33 bits per heavy atom. The second-order valence-electron chi connectivity index (χ2n) is 4.28. The molecule has 1 aliphatic rings. The van der Waals surface area contributed by atoms with E-state index in [4.69, 9.17) is 0 Å². The fourth-order valence-corrected chi connectivity index (χ4v) is 2.87. The summed E-state index contributed by atoms with van der Waals surface area (Å²) in [6.07, 6.45) is 10.1. The Kier molecular flexibility index (Phi) is 3.19.